The monoisotopic (exact) mass is 273 g/mol. The lowest BCUT2D eigenvalue weighted by Gasteiger charge is -2.29. The van der Waals surface area contributed by atoms with Crippen molar-refractivity contribution in [3.63, 3.8) is 0 Å². The van der Waals surface area contributed by atoms with E-state index in [-0.39, 0.29) is 11.6 Å². The molecule has 1 aromatic rings. The average Bonchev–Trinajstić information content (AvgIpc) is 2.33. The van der Waals surface area contributed by atoms with Gasteiger partial charge in [0.1, 0.15) is 0 Å². The number of benzene rings is 1. The van der Waals surface area contributed by atoms with Crippen LogP contribution in [0.3, 0.4) is 0 Å². The van der Waals surface area contributed by atoms with Crippen molar-refractivity contribution in [3.8, 4) is 0 Å². The Balaban J connectivity index is 2.17. The SMILES string of the molecule is Cc1ccc(N[C@H]2CCCC[C@@H]2O)cc1C(F)(F)F. The van der Waals surface area contributed by atoms with Crippen molar-refractivity contribution in [3.05, 3.63) is 29.3 Å². The van der Waals surface area contributed by atoms with E-state index < -0.39 is 17.8 Å². The number of aryl methyl sites for hydroxylation is 1. The minimum Gasteiger partial charge on any atom is -0.391 e. The second kappa shape index (κ2) is 5.41. The van der Waals surface area contributed by atoms with Gasteiger partial charge in [0.2, 0.25) is 0 Å². The van der Waals surface area contributed by atoms with Crippen LogP contribution in [-0.2, 0) is 6.18 Å². The van der Waals surface area contributed by atoms with Gasteiger partial charge in [-0.3, -0.25) is 0 Å². The summed E-state index contributed by atoms with van der Waals surface area (Å²) in [5, 5.41) is 12.8. The molecule has 1 saturated carbocycles. The van der Waals surface area contributed by atoms with Crippen LogP contribution in [0, 0.1) is 6.92 Å². The Morgan fingerprint density at radius 3 is 2.53 bits per heavy atom. The van der Waals surface area contributed by atoms with Crippen LogP contribution in [-0.4, -0.2) is 17.3 Å². The predicted octanol–water partition coefficient (Wildman–Crippen LogP) is 3.73. The molecule has 1 aromatic carbocycles. The molecule has 0 heterocycles. The molecule has 2 N–H and O–H groups in total. The molecule has 0 aromatic heterocycles. The second-order valence-corrected chi connectivity index (χ2v) is 5.13. The number of rotatable bonds is 2. The van der Waals surface area contributed by atoms with Crippen molar-refractivity contribution >= 4 is 5.69 Å². The molecule has 0 aliphatic heterocycles. The van der Waals surface area contributed by atoms with Gasteiger partial charge in [0.05, 0.1) is 17.7 Å². The van der Waals surface area contributed by atoms with E-state index in [9.17, 15) is 18.3 Å². The predicted molar refractivity (Wildman–Crippen MR) is 68.1 cm³/mol. The van der Waals surface area contributed by atoms with Gasteiger partial charge in [0.15, 0.2) is 0 Å². The molecule has 106 valence electrons. The van der Waals surface area contributed by atoms with E-state index >= 15 is 0 Å². The zero-order valence-electron chi connectivity index (χ0n) is 10.8. The van der Waals surface area contributed by atoms with Crippen molar-refractivity contribution in [2.75, 3.05) is 5.32 Å². The molecular weight excluding hydrogens is 255 g/mol. The van der Waals surface area contributed by atoms with Crippen LogP contribution in [0.1, 0.15) is 36.8 Å². The summed E-state index contributed by atoms with van der Waals surface area (Å²) >= 11 is 0. The van der Waals surface area contributed by atoms with Gasteiger partial charge >= 0.3 is 6.18 Å². The van der Waals surface area contributed by atoms with Gasteiger partial charge in [-0.1, -0.05) is 18.9 Å². The number of anilines is 1. The Morgan fingerprint density at radius 2 is 1.89 bits per heavy atom. The summed E-state index contributed by atoms with van der Waals surface area (Å²) in [6.45, 7) is 1.45. The molecule has 0 unspecified atom stereocenters. The maximum Gasteiger partial charge on any atom is 0.416 e. The minimum atomic E-state index is -4.34. The molecule has 2 nitrogen and oxygen atoms in total. The summed E-state index contributed by atoms with van der Waals surface area (Å²) < 4.78 is 38.4. The fraction of sp³-hybridized carbons (Fsp3) is 0.571. The van der Waals surface area contributed by atoms with Crippen LogP contribution in [0.4, 0.5) is 18.9 Å². The molecule has 1 aliphatic rings. The van der Waals surface area contributed by atoms with Crippen LogP contribution < -0.4 is 5.32 Å². The number of nitrogens with one attached hydrogen (secondary N) is 1. The zero-order chi connectivity index (χ0) is 14.0. The highest BCUT2D eigenvalue weighted by Crippen LogP contribution is 2.34. The Labute approximate surface area is 110 Å². The summed E-state index contributed by atoms with van der Waals surface area (Å²) in [5.74, 6) is 0. The highest BCUT2D eigenvalue weighted by molar-refractivity contribution is 5.50. The summed E-state index contributed by atoms with van der Waals surface area (Å²) in [6.07, 6.45) is -1.36. The first kappa shape index (κ1) is 14.2. The van der Waals surface area contributed by atoms with E-state index in [1.807, 2.05) is 0 Å². The van der Waals surface area contributed by atoms with Crippen molar-refractivity contribution in [2.24, 2.45) is 0 Å². The van der Waals surface area contributed by atoms with E-state index in [2.05, 4.69) is 5.32 Å². The molecule has 19 heavy (non-hydrogen) atoms. The van der Waals surface area contributed by atoms with Crippen molar-refractivity contribution in [2.45, 2.75) is 50.9 Å². The molecular formula is C14H18F3NO. The molecule has 0 bridgehead atoms. The van der Waals surface area contributed by atoms with Crippen molar-refractivity contribution in [1.29, 1.82) is 0 Å². The molecule has 1 fully saturated rings. The second-order valence-electron chi connectivity index (χ2n) is 5.13. The summed E-state index contributed by atoms with van der Waals surface area (Å²) in [6, 6.07) is 4.06. The topological polar surface area (TPSA) is 32.3 Å². The fourth-order valence-electron chi connectivity index (χ4n) is 2.51. The molecule has 5 heteroatoms. The number of hydrogen-bond donors (Lipinski definition) is 2. The van der Waals surface area contributed by atoms with E-state index in [0.717, 1.165) is 25.3 Å². The molecule has 2 rings (SSSR count). The van der Waals surface area contributed by atoms with Crippen LogP contribution >= 0.6 is 0 Å². The smallest absolute Gasteiger partial charge is 0.391 e. The van der Waals surface area contributed by atoms with Gasteiger partial charge < -0.3 is 10.4 Å². The summed E-state index contributed by atoms with van der Waals surface area (Å²) in [5.41, 5.74) is 0.00826. The Kier molecular flexibility index (Phi) is 4.04. The first-order valence-corrected chi connectivity index (χ1v) is 6.50. The average molecular weight is 273 g/mol. The Hall–Kier alpha value is -1.23. The molecule has 2 atom stereocenters. The van der Waals surface area contributed by atoms with E-state index in [0.29, 0.717) is 12.1 Å². The van der Waals surface area contributed by atoms with Gasteiger partial charge in [-0.15, -0.1) is 0 Å². The van der Waals surface area contributed by atoms with Crippen LogP contribution in [0.25, 0.3) is 0 Å². The number of aliphatic hydroxyl groups is 1. The highest BCUT2D eigenvalue weighted by atomic mass is 19.4. The fourth-order valence-corrected chi connectivity index (χ4v) is 2.51. The van der Waals surface area contributed by atoms with Crippen LogP contribution in [0.2, 0.25) is 0 Å². The molecule has 1 aliphatic carbocycles. The largest absolute Gasteiger partial charge is 0.416 e. The normalized spacial score (nSPS) is 24.3. The summed E-state index contributed by atoms with van der Waals surface area (Å²) in [4.78, 5) is 0. The number of halogens is 3. The van der Waals surface area contributed by atoms with Gasteiger partial charge in [0.25, 0.3) is 0 Å². The van der Waals surface area contributed by atoms with Gasteiger partial charge in [-0.2, -0.15) is 13.2 Å². The van der Waals surface area contributed by atoms with E-state index in [4.69, 9.17) is 0 Å². The quantitative estimate of drug-likeness (QED) is 0.860. The molecule has 0 radical (unpaired) electrons. The molecule has 0 spiro atoms. The first-order chi connectivity index (χ1) is 8.88. The maximum atomic E-state index is 12.8. The highest BCUT2D eigenvalue weighted by Gasteiger charge is 2.33. The van der Waals surface area contributed by atoms with Gasteiger partial charge in [0, 0.05) is 5.69 Å². The Bertz CT molecular complexity index is 445. The lowest BCUT2D eigenvalue weighted by atomic mass is 9.92. The van der Waals surface area contributed by atoms with Gasteiger partial charge in [-0.25, -0.2) is 0 Å². The van der Waals surface area contributed by atoms with Crippen LogP contribution in [0.5, 0.6) is 0 Å². The number of hydrogen-bond acceptors (Lipinski definition) is 2. The van der Waals surface area contributed by atoms with E-state index in [1.165, 1.54) is 13.0 Å². The first-order valence-electron chi connectivity index (χ1n) is 6.50. The Morgan fingerprint density at radius 1 is 1.21 bits per heavy atom. The third-order valence-corrected chi connectivity index (χ3v) is 3.62. The van der Waals surface area contributed by atoms with Crippen molar-refractivity contribution in [1.82, 2.24) is 0 Å². The van der Waals surface area contributed by atoms with Crippen LogP contribution in [0.15, 0.2) is 18.2 Å². The molecule has 0 saturated heterocycles. The van der Waals surface area contributed by atoms with E-state index in [1.54, 1.807) is 6.07 Å². The maximum absolute atomic E-state index is 12.8. The lowest BCUT2D eigenvalue weighted by molar-refractivity contribution is -0.138. The standard InChI is InChI=1S/C14H18F3NO/c1-9-6-7-10(8-11(9)14(15,16)17)18-12-4-2-3-5-13(12)19/h6-8,12-13,18-19H,2-5H2,1H3/t12-,13-/m0/s1. The van der Waals surface area contributed by atoms with Crippen molar-refractivity contribution < 1.29 is 18.3 Å². The third kappa shape index (κ3) is 3.41. The number of alkyl halides is 3. The molecule has 0 amide bonds. The van der Waals surface area contributed by atoms with Gasteiger partial charge in [-0.05, 0) is 37.5 Å². The zero-order valence-corrected chi connectivity index (χ0v) is 10.8. The third-order valence-electron chi connectivity index (χ3n) is 3.62. The number of aliphatic hydroxyl groups excluding tert-OH is 1. The lowest BCUT2D eigenvalue weighted by Crippen LogP contribution is -2.36. The summed E-state index contributed by atoms with van der Waals surface area (Å²) in [7, 11) is 0. The minimum absolute atomic E-state index is 0.155.